The highest BCUT2D eigenvalue weighted by Crippen LogP contribution is 2.55. The van der Waals surface area contributed by atoms with Gasteiger partial charge in [0.25, 0.3) is 0 Å². The van der Waals surface area contributed by atoms with Crippen LogP contribution in [0, 0.1) is 0 Å². The highest BCUT2D eigenvalue weighted by molar-refractivity contribution is 8.16. The molecule has 9 atom stereocenters. The molecule has 0 aliphatic carbocycles. The summed E-state index contributed by atoms with van der Waals surface area (Å²) in [5.41, 5.74) is 0. The van der Waals surface area contributed by atoms with Crippen LogP contribution in [0.3, 0.4) is 0 Å². The molecule has 0 radical (unpaired) electrons. The minimum Gasteiger partial charge on any atom is -0.341 e. The van der Waals surface area contributed by atoms with Gasteiger partial charge in [-0.15, -0.1) is 0 Å². The van der Waals surface area contributed by atoms with E-state index in [4.69, 9.17) is 14.2 Å². The first-order chi connectivity index (χ1) is 24.2. The van der Waals surface area contributed by atoms with Gasteiger partial charge < -0.3 is 14.2 Å². The molecule has 2 saturated heterocycles. The second-order valence-corrected chi connectivity index (χ2v) is 19.1. The predicted molar refractivity (Wildman–Crippen MR) is 183 cm³/mol. The maximum atomic E-state index is 9.78. The van der Waals surface area contributed by atoms with E-state index in [0.29, 0.717) is 0 Å². The molecule has 35 nitrogen and oxygen atoms in total. The summed E-state index contributed by atoms with van der Waals surface area (Å²) < 4.78 is 281. The molecule has 2 aliphatic rings. The maximum absolute atomic E-state index is 9.78. The molecule has 2 rings (SSSR count). The number of hydrogen-bond donors (Lipinski definition) is 24. The van der Waals surface area contributed by atoms with Gasteiger partial charge in [-0.25, -0.2) is 0 Å². The molecule has 0 amide bonds. The Morgan fingerprint density at radius 3 is 1.15 bits per heavy atom. The predicted octanol–water partition coefficient (Wildman–Crippen LogP) is 3.91. The van der Waals surface area contributed by atoms with E-state index >= 15 is 0 Å². The van der Waals surface area contributed by atoms with Gasteiger partial charge in [-0.3, -0.25) is 143 Å². The van der Waals surface area contributed by atoms with Gasteiger partial charge in [0, 0.05) is 0 Å². The molecule has 2 heterocycles. The third kappa shape index (κ3) is 19.8. The third-order valence-electron chi connectivity index (χ3n) is 5.75. The first-order valence-electron chi connectivity index (χ1n) is 12.6. The van der Waals surface area contributed by atoms with Gasteiger partial charge in [-0.1, -0.05) is 0 Å². The Hall–Kier alpha value is 1.40. The van der Waals surface area contributed by atoms with E-state index in [1.165, 1.54) is 0 Å². The molecule has 2 aliphatic heterocycles. The van der Waals surface area contributed by atoms with Crippen LogP contribution in [0.1, 0.15) is 0 Å². The molecule has 24 N–H and O–H groups in total. The van der Waals surface area contributed by atoms with E-state index in [2.05, 4.69) is 33.5 Å². The molecule has 2 fully saturated rings. The van der Waals surface area contributed by atoms with E-state index in [0.717, 1.165) is 0 Å². The van der Waals surface area contributed by atoms with Gasteiger partial charge in [-0.2, -0.15) is 0 Å². The normalized spacial score (nSPS) is 33.3. The van der Waals surface area contributed by atoms with Crippen molar-refractivity contribution in [2.45, 2.75) is 54.8 Å². The Morgan fingerprint density at radius 2 is 0.745 bits per heavy atom. The van der Waals surface area contributed by atoms with Crippen molar-refractivity contribution in [1.29, 1.82) is 0 Å². The maximum Gasteiger partial charge on any atom is 0.227 e. The zero-order valence-corrected chi connectivity index (χ0v) is 32.3. The zero-order valence-electron chi connectivity index (χ0n) is 25.7. The molecule has 55 heavy (non-hydrogen) atoms. The second-order valence-electron chi connectivity index (χ2n) is 9.97. The Morgan fingerprint density at radius 1 is 0.382 bits per heavy atom. The fourth-order valence-corrected chi connectivity index (χ4v) is 7.86. The summed E-state index contributed by atoms with van der Waals surface area (Å²) in [5.74, 6) is -3.74. The standard InChI is InChI=1S/C12H38O35S8/c13-48(14,15)37-1-4-6(43-51(22,23)24)8(45-53(28,29)30)9(46-54(31,32)33)11(40-4)42-12(3-39-50(19,20)21)10(47-55(34,35)36)7(44-52(25,26)27)5(41-12)2-38-49(16,17)18/h4-11,13-36H,1-3H2. The quantitative estimate of drug-likeness (QED) is 0.0775. The number of ether oxygens (including phenoxy) is 3. The van der Waals surface area contributed by atoms with Crippen molar-refractivity contribution in [3.63, 3.8) is 0 Å². The van der Waals surface area contributed by atoms with Crippen LogP contribution in [0.25, 0.3) is 0 Å². The molecule has 0 aromatic rings. The van der Waals surface area contributed by atoms with Crippen LogP contribution in [-0.4, -0.2) is 184 Å². The first kappa shape index (κ1) is 52.5. The van der Waals surface area contributed by atoms with Gasteiger partial charge >= 0.3 is 0 Å². The van der Waals surface area contributed by atoms with Crippen molar-refractivity contribution in [2.24, 2.45) is 0 Å². The summed E-state index contributed by atoms with van der Waals surface area (Å²) in [6.07, 6.45) is -23.0. The van der Waals surface area contributed by atoms with Gasteiger partial charge in [0.2, 0.25) is 95.0 Å². The Kier molecular flexibility index (Phi) is 18.0. The van der Waals surface area contributed by atoms with E-state index < -0.39 is 164 Å². The lowest BCUT2D eigenvalue weighted by Gasteiger charge is -2.49. The van der Waals surface area contributed by atoms with Crippen LogP contribution in [0.2, 0.25) is 0 Å². The molecule has 344 valence electrons. The van der Waals surface area contributed by atoms with Crippen molar-refractivity contribution in [3.05, 3.63) is 0 Å². The van der Waals surface area contributed by atoms with Gasteiger partial charge in [0.15, 0.2) is 18.5 Å². The zero-order chi connectivity index (χ0) is 43.0. The highest BCUT2D eigenvalue weighted by Gasteiger charge is 2.66. The van der Waals surface area contributed by atoms with Crippen molar-refractivity contribution in [1.82, 2.24) is 0 Å². The largest absolute Gasteiger partial charge is 0.341 e. The van der Waals surface area contributed by atoms with E-state index in [-0.39, 0.29) is 0 Å². The monoisotopic (exact) mass is 998 g/mol. The molecular weight excluding hydrogens is 961 g/mol. The topological polar surface area (TPSA) is 587 Å². The van der Waals surface area contributed by atoms with Crippen molar-refractivity contribution in [3.8, 4) is 0 Å². The first-order valence-corrected chi connectivity index (χ1v) is 24.0. The van der Waals surface area contributed by atoms with Crippen LogP contribution in [0.4, 0.5) is 0 Å². The summed E-state index contributed by atoms with van der Waals surface area (Å²) >= 11 is -43.1. The summed E-state index contributed by atoms with van der Waals surface area (Å²) in [6.45, 7) is -5.26. The van der Waals surface area contributed by atoms with E-state index in [1.54, 1.807) is 0 Å². The lowest BCUT2D eigenvalue weighted by Crippen LogP contribution is -2.65. The summed E-state index contributed by atoms with van der Waals surface area (Å²) in [4.78, 5) is 0. The molecule has 0 spiro atoms. The molecule has 0 saturated carbocycles. The smallest absolute Gasteiger partial charge is 0.227 e. The molecule has 0 bridgehead atoms. The third-order valence-corrected chi connectivity index (χ3v) is 9.47. The Bertz CT molecular complexity index is 1200. The lowest BCUT2D eigenvalue weighted by molar-refractivity contribution is -0.375. The van der Waals surface area contributed by atoms with Crippen molar-refractivity contribution in [2.75, 3.05) is 19.8 Å². The van der Waals surface area contributed by atoms with Crippen LogP contribution in [-0.2, 0) is 47.7 Å². The molecular formula is C12H38O35S8. The van der Waals surface area contributed by atoms with Crippen LogP contribution >= 0.6 is 89.2 Å². The van der Waals surface area contributed by atoms with Crippen LogP contribution < -0.4 is 0 Å². The van der Waals surface area contributed by atoms with E-state index in [9.17, 15) is 109 Å². The van der Waals surface area contributed by atoms with Crippen molar-refractivity contribution < 1.29 is 157 Å². The lowest BCUT2D eigenvalue weighted by atomic mass is 9.99. The average molecular weight is 999 g/mol. The minimum atomic E-state index is -5.58. The average Bonchev–Trinajstić information content (AvgIpc) is 3.15. The summed E-state index contributed by atoms with van der Waals surface area (Å²) in [7, 11) is 0. The fourth-order valence-electron chi connectivity index (χ4n) is 4.30. The Balaban J connectivity index is 2.98. The SMILES string of the molecule is OS(O)(O)OCC1OC(OC2(COS(O)(O)O)OC(COS(O)(O)O)C(OS(O)(O)O)C2OS(O)(O)O)C(OS(O)(O)O)C(OS(O)(O)O)C1OS(O)(O)O. The summed E-state index contributed by atoms with van der Waals surface area (Å²) in [5, 5.41) is 0. The second kappa shape index (κ2) is 18.8. The van der Waals surface area contributed by atoms with Gasteiger partial charge in [-0.05, 0) is 0 Å². The molecule has 0 aromatic heterocycles. The van der Waals surface area contributed by atoms with Crippen LogP contribution in [0.5, 0.6) is 0 Å². The van der Waals surface area contributed by atoms with Gasteiger partial charge in [0.05, 0.1) is 13.2 Å². The molecule has 43 heteroatoms. The fraction of sp³-hybridized carbons (Fsp3) is 1.00. The molecule has 0 aromatic carbocycles. The number of rotatable bonds is 21. The summed E-state index contributed by atoms with van der Waals surface area (Å²) in [6, 6.07) is 0. The van der Waals surface area contributed by atoms with Crippen LogP contribution in [0.15, 0.2) is 0 Å². The number of hydrogen-bond acceptors (Lipinski definition) is 35. The minimum absolute atomic E-state index is 1.60. The van der Waals surface area contributed by atoms with E-state index in [1.807, 2.05) is 0 Å². The van der Waals surface area contributed by atoms with Crippen molar-refractivity contribution >= 4 is 89.2 Å². The highest BCUT2D eigenvalue weighted by atomic mass is 32.3. The molecule has 9 unspecified atom stereocenters. The van der Waals surface area contributed by atoms with Gasteiger partial charge in [0.1, 0.15) is 37.1 Å². The Labute approximate surface area is 319 Å².